The molecule has 1 aromatic rings. The van der Waals surface area contributed by atoms with Gasteiger partial charge in [0, 0.05) is 25.4 Å². The predicted octanol–water partition coefficient (Wildman–Crippen LogP) is 0.0765. The molecule has 18 heavy (non-hydrogen) atoms. The summed E-state index contributed by atoms with van der Waals surface area (Å²) < 4.78 is 27.9. The summed E-state index contributed by atoms with van der Waals surface area (Å²) in [5, 5.41) is 3.36. The fourth-order valence-corrected chi connectivity index (χ4v) is 2.78. The van der Waals surface area contributed by atoms with Crippen molar-refractivity contribution in [2.24, 2.45) is 12.8 Å². The van der Waals surface area contributed by atoms with Crippen molar-refractivity contribution in [3.63, 3.8) is 0 Å². The SMILES string of the molecule is CCc1nn(C)cc1CNS(=O)(=O)C(C)C(N)=S. The second-order valence-corrected chi connectivity index (χ2v) is 6.60. The van der Waals surface area contributed by atoms with Crippen LogP contribution >= 0.6 is 12.2 Å². The number of nitrogens with zero attached hydrogens (tertiary/aromatic N) is 2. The van der Waals surface area contributed by atoms with Gasteiger partial charge >= 0.3 is 0 Å². The van der Waals surface area contributed by atoms with Crippen LogP contribution in [0.2, 0.25) is 0 Å². The number of hydrogen-bond donors (Lipinski definition) is 2. The minimum atomic E-state index is -3.53. The van der Waals surface area contributed by atoms with Gasteiger partial charge in [-0.15, -0.1) is 0 Å². The average Bonchev–Trinajstić information content (AvgIpc) is 2.66. The molecule has 0 saturated heterocycles. The topological polar surface area (TPSA) is 90.0 Å². The first kappa shape index (κ1) is 15.1. The van der Waals surface area contributed by atoms with Gasteiger partial charge in [0.15, 0.2) is 0 Å². The maximum atomic E-state index is 11.8. The Morgan fingerprint density at radius 1 is 1.67 bits per heavy atom. The van der Waals surface area contributed by atoms with Crippen molar-refractivity contribution in [1.82, 2.24) is 14.5 Å². The zero-order valence-electron chi connectivity index (χ0n) is 10.7. The predicted molar refractivity (Wildman–Crippen MR) is 74.6 cm³/mol. The Bertz CT molecular complexity index is 536. The van der Waals surface area contributed by atoms with E-state index in [1.165, 1.54) is 6.92 Å². The van der Waals surface area contributed by atoms with E-state index < -0.39 is 15.3 Å². The van der Waals surface area contributed by atoms with E-state index in [1.807, 2.05) is 6.92 Å². The number of aryl methyl sites for hydroxylation is 2. The Hall–Kier alpha value is -0.990. The molecule has 0 radical (unpaired) electrons. The molecule has 1 atom stereocenters. The van der Waals surface area contributed by atoms with Gasteiger partial charge < -0.3 is 5.73 Å². The van der Waals surface area contributed by atoms with E-state index in [1.54, 1.807) is 17.9 Å². The lowest BCUT2D eigenvalue weighted by atomic mass is 10.2. The fraction of sp³-hybridized carbons (Fsp3) is 0.600. The average molecular weight is 290 g/mol. The Kier molecular flexibility index (Phi) is 4.83. The van der Waals surface area contributed by atoms with Gasteiger partial charge in [-0.3, -0.25) is 4.68 Å². The lowest BCUT2D eigenvalue weighted by molar-refractivity contribution is 0.578. The van der Waals surface area contributed by atoms with Gasteiger partial charge in [0.25, 0.3) is 0 Å². The molecule has 3 N–H and O–H groups in total. The van der Waals surface area contributed by atoms with Gasteiger partial charge in [-0.2, -0.15) is 5.10 Å². The molecule has 0 amide bonds. The first-order chi connectivity index (χ1) is 8.27. The summed E-state index contributed by atoms with van der Waals surface area (Å²) in [4.78, 5) is -0.0376. The van der Waals surface area contributed by atoms with Crippen LogP contribution in [-0.2, 0) is 30.0 Å². The standard InChI is InChI=1S/C10H18N4O2S2/c1-4-9-8(6-14(3)13-9)5-12-18(15,16)7(2)10(11)17/h6-7,12H,4-5H2,1-3H3,(H2,11,17). The Morgan fingerprint density at radius 2 is 2.28 bits per heavy atom. The molecule has 0 fully saturated rings. The minimum Gasteiger partial charge on any atom is -0.392 e. The number of nitrogens with one attached hydrogen (secondary N) is 1. The summed E-state index contributed by atoms with van der Waals surface area (Å²) in [6, 6.07) is 0. The molecule has 0 bridgehead atoms. The zero-order chi connectivity index (χ0) is 13.9. The molecule has 1 aromatic heterocycles. The fourth-order valence-electron chi connectivity index (χ4n) is 1.49. The molecular formula is C10H18N4O2S2. The highest BCUT2D eigenvalue weighted by molar-refractivity contribution is 7.93. The zero-order valence-corrected chi connectivity index (χ0v) is 12.3. The van der Waals surface area contributed by atoms with Gasteiger partial charge in [-0.25, -0.2) is 13.1 Å². The second-order valence-electron chi connectivity index (χ2n) is 4.04. The Morgan fingerprint density at radius 3 is 2.78 bits per heavy atom. The molecule has 0 aliphatic rings. The van der Waals surface area contributed by atoms with Gasteiger partial charge in [0.2, 0.25) is 10.0 Å². The summed E-state index contributed by atoms with van der Waals surface area (Å²) in [6.07, 6.45) is 2.55. The summed E-state index contributed by atoms with van der Waals surface area (Å²) in [7, 11) is -1.73. The lowest BCUT2D eigenvalue weighted by Crippen LogP contribution is -2.39. The maximum absolute atomic E-state index is 11.8. The summed E-state index contributed by atoms with van der Waals surface area (Å²) in [6.45, 7) is 3.64. The van der Waals surface area contributed by atoms with Crippen LogP contribution < -0.4 is 10.5 Å². The molecule has 0 saturated carbocycles. The van der Waals surface area contributed by atoms with Crippen LogP contribution in [0.25, 0.3) is 0 Å². The molecule has 8 heteroatoms. The number of sulfonamides is 1. The molecule has 0 aliphatic carbocycles. The van der Waals surface area contributed by atoms with Crippen LogP contribution in [0.15, 0.2) is 6.20 Å². The summed E-state index contributed by atoms with van der Waals surface area (Å²) in [5.41, 5.74) is 7.08. The highest BCUT2D eigenvalue weighted by Gasteiger charge is 2.23. The Labute approximate surface area is 113 Å². The first-order valence-corrected chi connectivity index (χ1v) is 7.52. The van der Waals surface area contributed by atoms with Crippen LogP contribution in [0.5, 0.6) is 0 Å². The largest absolute Gasteiger partial charge is 0.392 e. The van der Waals surface area contributed by atoms with Crippen molar-refractivity contribution < 1.29 is 8.42 Å². The number of rotatable bonds is 6. The minimum absolute atomic E-state index is 0.0376. The highest BCUT2D eigenvalue weighted by atomic mass is 32.2. The molecule has 0 aliphatic heterocycles. The van der Waals surface area contributed by atoms with E-state index in [4.69, 9.17) is 18.0 Å². The third kappa shape index (κ3) is 3.50. The van der Waals surface area contributed by atoms with Crippen LogP contribution in [0, 0.1) is 0 Å². The molecule has 0 aromatic carbocycles. The van der Waals surface area contributed by atoms with Crippen LogP contribution in [-0.4, -0.2) is 28.4 Å². The van der Waals surface area contributed by atoms with E-state index in [9.17, 15) is 8.42 Å². The van der Waals surface area contributed by atoms with Crippen molar-refractivity contribution in [2.75, 3.05) is 0 Å². The molecule has 102 valence electrons. The quantitative estimate of drug-likeness (QED) is 0.724. The lowest BCUT2D eigenvalue weighted by Gasteiger charge is -2.12. The molecule has 6 nitrogen and oxygen atoms in total. The smallest absolute Gasteiger partial charge is 0.221 e. The van der Waals surface area contributed by atoms with Crippen molar-refractivity contribution in [2.45, 2.75) is 32.1 Å². The van der Waals surface area contributed by atoms with Crippen molar-refractivity contribution in [3.8, 4) is 0 Å². The van der Waals surface area contributed by atoms with Crippen molar-refractivity contribution >= 4 is 27.2 Å². The highest BCUT2D eigenvalue weighted by Crippen LogP contribution is 2.08. The first-order valence-electron chi connectivity index (χ1n) is 5.57. The Balaban J connectivity index is 2.79. The van der Waals surface area contributed by atoms with Gasteiger partial charge in [0.1, 0.15) is 5.25 Å². The molecule has 1 unspecified atom stereocenters. The van der Waals surface area contributed by atoms with Gasteiger partial charge in [-0.05, 0) is 13.3 Å². The summed E-state index contributed by atoms with van der Waals surface area (Å²) >= 11 is 4.69. The molecule has 1 heterocycles. The van der Waals surface area contributed by atoms with E-state index in [0.29, 0.717) is 0 Å². The van der Waals surface area contributed by atoms with Crippen LogP contribution in [0.1, 0.15) is 25.1 Å². The second kappa shape index (κ2) is 5.77. The van der Waals surface area contributed by atoms with Crippen molar-refractivity contribution in [3.05, 3.63) is 17.5 Å². The van der Waals surface area contributed by atoms with E-state index in [0.717, 1.165) is 17.7 Å². The van der Waals surface area contributed by atoms with E-state index >= 15 is 0 Å². The van der Waals surface area contributed by atoms with Crippen molar-refractivity contribution in [1.29, 1.82) is 0 Å². The van der Waals surface area contributed by atoms with Crippen LogP contribution in [0.4, 0.5) is 0 Å². The number of thiocarbonyl (C=S) groups is 1. The van der Waals surface area contributed by atoms with E-state index in [2.05, 4.69) is 9.82 Å². The van der Waals surface area contributed by atoms with Gasteiger partial charge in [-0.1, -0.05) is 19.1 Å². The van der Waals surface area contributed by atoms with E-state index in [-0.39, 0.29) is 11.5 Å². The number of aromatic nitrogens is 2. The third-order valence-electron chi connectivity index (χ3n) is 2.66. The van der Waals surface area contributed by atoms with Gasteiger partial charge in [0.05, 0.1) is 10.7 Å². The monoisotopic (exact) mass is 290 g/mol. The third-order valence-corrected chi connectivity index (χ3v) is 4.89. The number of hydrogen-bond acceptors (Lipinski definition) is 4. The van der Waals surface area contributed by atoms with Crippen LogP contribution in [0.3, 0.4) is 0 Å². The maximum Gasteiger partial charge on any atom is 0.221 e. The molecule has 0 spiro atoms. The number of nitrogens with two attached hydrogens (primary N) is 1. The summed E-state index contributed by atoms with van der Waals surface area (Å²) in [5.74, 6) is 0. The molecule has 1 rings (SSSR count). The normalized spacial score (nSPS) is 13.5. The molecular weight excluding hydrogens is 272 g/mol.